The van der Waals surface area contributed by atoms with Gasteiger partial charge in [0.1, 0.15) is 5.75 Å². The fraction of sp³-hybridized carbons (Fsp3) is 0.400. The van der Waals surface area contributed by atoms with Crippen molar-refractivity contribution in [3.8, 4) is 5.75 Å². The molecule has 0 atom stereocenters. The minimum absolute atomic E-state index is 0.252. The van der Waals surface area contributed by atoms with E-state index in [1.807, 2.05) is 26.8 Å². The Kier molecular flexibility index (Phi) is 8.50. The van der Waals surface area contributed by atoms with Crippen LogP contribution in [0.1, 0.15) is 65.1 Å². The number of hydrogen-bond donors (Lipinski definition) is 0. The van der Waals surface area contributed by atoms with Crippen molar-refractivity contribution in [1.29, 1.82) is 0 Å². The van der Waals surface area contributed by atoms with Gasteiger partial charge in [-0.2, -0.15) is 5.01 Å². The molecule has 0 heterocycles. The van der Waals surface area contributed by atoms with Gasteiger partial charge in [0, 0.05) is 16.7 Å². The number of alkyl halides is 1. The second-order valence-corrected chi connectivity index (χ2v) is 8.86. The molecule has 0 N–H and O–H groups in total. The lowest BCUT2D eigenvalue weighted by Gasteiger charge is -2.41. The first-order valence-corrected chi connectivity index (χ1v) is 11.2. The fourth-order valence-electron chi connectivity index (χ4n) is 3.69. The van der Waals surface area contributed by atoms with Crippen LogP contribution in [0.3, 0.4) is 0 Å². The number of hydrazine groups is 1. The van der Waals surface area contributed by atoms with E-state index in [0.717, 1.165) is 21.1 Å². The Bertz CT molecular complexity index is 1030. The highest BCUT2D eigenvalue weighted by Crippen LogP contribution is 2.28. The Morgan fingerprint density at radius 3 is 2.09 bits per heavy atom. The molecule has 33 heavy (non-hydrogen) atoms. The number of rotatable bonds is 5. The Morgan fingerprint density at radius 2 is 1.61 bits per heavy atom. The van der Waals surface area contributed by atoms with E-state index in [4.69, 9.17) is 21.1 Å². The number of halogens is 1. The maximum Gasteiger partial charge on any atom is 0.431 e. The zero-order chi connectivity index (χ0) is 24.9. The van der Waals surface area contributed by atoms with Crippen molar-refractivity contribution in [2.24, 2.45) is 0 Å². The first kappa shape index (κ1) is 26.2. The second-order valence-electron chi connectivity index (χ2n) is 8.64. The van der Waals surface area contributed by atoms with Gasteiger partial charge in [-0.1, -0.05) is 41.8 Å². The molecule has 2 aromatic carbocycles. The molecule has 0 fully saturated rings. The van der Waals surface area contributed by atoms with E-state index >= 15 is 0 Å². The van der Waals surface area contributed by atoms with Crippen LogP contribution in [0.2, 0.25) is 0 Å². The molecule has 7 nitrogen and oxygen atoms in total. The van der Waals surface area contributed by atoms with Crippen LogP contribution in [0.25, 0.3) is 0 Å². The Labute approximate surface area is 200 Å². The molecule has 0 saturated carbocycles. The molecule has 3 amide bonds. The molecule has 0 aromatic heterocycles. The molecule has 2 rings (SSSR count). The van der Waals surface area contributed by atoms with E-state index in [9.17, 15) is 14.4 Å². The van der Waals surface area contributed by atoms with Crippen molar-refractivity contribution in [2.75, 3.05) is 13.2 Å². The topological polar surface area (TPSA) is 76.2 Å². The van der Waals surface area contributed by atoms with Gasteiger partial charge < -0.3 is 9.47 Å². The minimum Gasteiger partial charge on any atom is -0.496 e. The van der Waals surface area contributed by atoms with Gasteiger partial charge in [-0.15, -0.1) is 0 Å². The van der Waals surface area contributed by atoms with E-state index in [1.165, 1.54) is 7.11 Å². The van der Waals surface area contributed by atoms with Gasteiger partial charge >= 0.3 is 6.09 Å². The predicted molar refractivity (Wildman–Crippen MR) is 128 cm³/mol. The Hall–Kier alpha value is -3.06. The molecule has 178 valence electrons. The number of carbonyl (C=O) groups excluding carboxylic acids is 3. The number of carbonyl (C=O) groups is 3. The Balaban J connectivity index is 2.77. The van der Waals surface area contributed by atoms with Crippen LogP contribution in [-0.2, 0) is 11.2 Å². The molecule has 0 saturated heterocycles. The molecule has 0 bridgehead atoms. The van der Waals surface area contributed by atoms with Crippen molar-refractivity contribution in [3.63, 3.8) is 0 Å². The molecule has 0 radical (unpaired) electrons. The van der Waals surface area contributed by atoms with Crippen molar-refractivity contribution >= 4 is 29.5 Å². The normalized spacial score (nSPS) is 11.0. The fourth-order valence-corrected chi connectivity index (χ4v) is 3.79. The average Bonchev–Trinajstić information content (AvgIpc) is 2.74. The molecule has 0 aliphatic rings. The van der Waals surface area contributed by atoms with Crippen LogP contribution in [0.5, 0.6) is 5.75 Å². The van der Waals surface area contributed by atoms with Gasteiger partial charge in [0.15, 0.2) is 6.07 Å². The number of imide groups is 1. The van der Waals surface area contributed by atoms with Crippen molar-refractivity contribution in [2.45, 2.75) is 53.5 Å². The molecule has 0 aliphatic heterocycles. The summed E-state index contributed by atoms with van der Waals surface area (Å²) in [6, 6.07) is 9.87. The highest BCUT2D eigenvalue weighted by atomic mass is 35.5. The lowest BCUT2D eigenvalue weighted by atomic mass is 10.0. The van der Waals surface area contributed by atoms with Crippen LogP contribution in [0.4, 0.5) is 4.79 Å². The second kappa shape index (κ2) is 10.7. The lowest BCUT2D eigenvalue weighted by molar-refractivity contribution is -0.0392. The number of benzene rings is 2. The monoisotopic (exact) mass is 474 g/mol. The third-order valence-corrected chi connectivity index (χ3v) is 5.09. The summed E-state index contributed by atoms with van der Waals surface area (Å²) in [5, 5.41) is 1.85. The summed E-state index contributed by atoms with van der Waals surface area (Å²) in [6.45, 7) is 10.7. The molecule has 0 aliphatic carbocycles. The third-order valence-electron chi connectivity index (χ3n) is 4.98. The summed E-state index contributed by atoms with van der Waals surface area (Å²) >= 11 is 5.64. The van der Waals surface area contributed by atoms with E-state index in [1.54, 1.807) is 51.1 Å². The maximum atomic E-state index is 13.9. The summed E-state index contributed by atoms with van der Waals surface area (Å²) in [7, 11) is 1.51. The number of nitrogens with zero attached hydrogens (tertiary/aromatic N) is 2. The highest BCUT2D eigenvalue weighted by Gasteiger charge is 2.41. The van der Waals surface area contributed by atoms with E-state index in [-0.39, 0.29) is 11.1 Å². The summed E-state index contributed by atoms with van der Waals surface area (Å²) in [4.78, 5) is 40.7. The van der Waals surface area contributed by atoms with Gasteiger partial charge in [0.25, 0.3) is 11.8 Å². The molecule has 0 spiro atoms. The van der Waals surface area contributed by atoms with Crippen molar-refractivity contribution < 1.29 is 23.9 Å². The average molecular weight is 475 g/mol. The highest BCUT2D eigenvalue weighted by molar-refractivity contribution is 6.17. The van der Waals surface area contributed by atoms with E-state index < -0.39 is 29.5 Å². The number of amides is 3. The van der Waals surface area contributed by atoms with E-state index in [0.29, 0.717) is 17.7 Å². The van der Waals surface area contributed by atoms with Gasteiger partial charge in [-0.05, 0) is 65.3 Å². The van der Waals surface area contributed by atoms with Gasteiger partial charge in [0.05, 0.1) is 12.6 Å². The molecule has 8 heteroatoms. The van der Waals surface area contributed by atoms with Crippen LogP contribution in [0, 0.1) is 13.8 Å². The van der Waals surface area contributed by atoms with Gasteiger partial charge in [-0.3, -0.25) is 9.59 Å². The largest absolute Gasteiger partial charge is 0.496 e. The SMILES string of the molecule is CCc1c(OC)cccc1C(=O)N(C(=O)c1cc(C)cc(C)c1)N(C(=O)OCCl)C(C)(C)C. The third kappa shape index (κ3) is 5.85. The zero-order valence-electron chi connectivity index (χ0n) is 20.2. The smallest absolute Gasteiger partial charge is 0.431 e. The predicted octanol–water partition coefficient (Wildman–Crippen LogP) is 5.51. The molecular formula is C25H31ClN2O5. The maximum absolute atomic E-state index is 13.9. The standard InChI is InChI=1S/C25H31ClN2O5/c1-8-19-20(10-9-11-21(19)32-7)23(30)27(28(25(4,5)6)24(31)33-15-26)22(29)18-13-16(2)12-17(3)14-18/h9-14H,8,15H2,1-7H3. The first-order chi connectivity index (χ1) is 15.5. The van der Waals surface area contributed by atoms with Crippen LogP contribution in [-0.4, -0.2) is 46.6 Å². The van der Waals surface area contributed by atoms with Crippen molar-refractivity contribution in [3.05, 3.63) is 64.2 Å². The number of aryl methyl sites for hydroxylation is 2. The number of hydrogen-bond acceptors (Lipinski definition) is 5. The number of methoxy groups -OCH3 is 1. The van der Waals surface area contributed by atoms with Crippen LogP contribution in [0.15, 0.2) is 36.4 Å². The van der Waals surface area contributed by atoms with Crippen molar-refractivity contribution in [1.82, 2.24) is 10.0 Å². The lowest BCUT2D eigenvalue weighted by Crippen LogP contribution is -2.60. The minimum atomic E-state index is -0.988. The molecule has 2 aromatic rings. The van der Waals surface area contributed by atoms with E-state index in [2.05, 4.69) is 0 Å². The van der Waals surface area contributed by atoms with Crippen LogP contribution >= 0.6 is 11.6 Å². The molecular weight excluding hydrogens is 444 g/mol. The van der Waals surface area contributed by atoms with Gasteiger partial charge in [-0.25, -0.2) is 9.80 Å². The molecule has 0 unspecified atom stereocenters. The zero-order valence-corrected chi connectivity index (χ0v) is 20.9. The summed E-state index contributed by atoms with van der Waals surface area (Å²) in [5.74, 6) is -0.803. The van der Waals surface area contributed by atoms with Crippen LogP contribution < -0.4 is 4.74 Å². The number of ether oxygens (including phenoxy) is 2. The first-order valence-electron chi connectivity index (χ1n) is 10.6. The quantitative estimate of drug-likeness (QED) is 0.324. The summed E-state index contributed by atoms with van der Waals surface area (Å²) in [6.07, 6.45) is -0.428. The Morgan fingerprint density at radius 1 is 1.00 bits per heavy atom. The summed E-state index contributed by atoms with van der Waals surface area (Å²) < 4.78 is 10.4. The summed E-state index contributed by atoms with van der Waals surface area (Å²) in [5.41, 5.74) is 1.87. The van der Waals surface area contributed by atoms with Gasteiger partial charge in [0.2, 0.25) is 0 Å².